The molecule has 1 amide bonds. The molecule has 2 heterocycles. The van der Waals surface area contributed by atoms with E-state index >= 15 is 0 Å². The van der Waals surface area contributed by atoms with Crippen LogP contribution in [0.15, 0.2) is 59.6 Å². The Morgan fingerprint density at radius 3 is 2.52 bits per heavy atom. The van der Waals surface area contributed by atoms with E-state index in [4.69, 9.17) is 0 Å². The lowest BCUT2D eigenvalue weighted by Gasteiger charge is -2.24. The van der Waals surface area contributed by atoms with Gasteiger partial charge < -0.3 is 4.90 Å². The number of rotatable bonds is 5. The summed E-state index contributed by atoms with van der Waals surface area (Å²) >= 11 is 1.38. The summed E-state index contributed by atoms with van der Waals surface area (Å²) in [4.78, 5) is 18.8. The minimum absolute atomic E-state index is 0.0833. The Bertz CT molecular complexity index is 1020. The van der Waals surface area contributed by atoms with Gasteiger partial charge in [-0.2, -0.15) is 4.99 Å². The number of thioether (sulfide) groups is 1. The van der Waals surface area contributed by atoms with E-state index in [1.165, 1.54) is 23.9 Å². The molecule has 0 aliphatic carbocycles. The van der Waals surface area contributed by atoms with Gasteiger partial charge in [-0.3, -0.25) is 4.79 Å². The first-order valence-electron chi connectivity index (χ1n) is 9.43. The molecule has 2 aliphatic rings. The first kappa shape index (κ1) is 20.1. The molecule has 29 heavy (non-hydrogen) atoms. The van der Waals surface area contributed by atoms with Gasteiger partial charge in [0.05, 0.1) is 24.0 Å². The van der Waals surface area contributed by atoms with Gasteiger partial charge in [0.25, 0.3) is 5.91 Å². The van der Waals surface area contributed by atoms with Crippen molar-refractivity contribution in [1.29, 1.82) is 0 Å². The van der Waals surface area contributed by atoms with Gasteiger partial charge in [-0.25, -0.2) is 12.8 Å². The molecule has 0 radical (unpaired) electrons. The Kier molecular flexibility index (Phi) is 5.74. The Balaban J connectivity index is 1.51. The van der Waals surface area contributed by atoms with Crippen molar-refractivity contribution in [1.82, 2.24) is 4.90 Å². The van der Waals surface area contributed by atoms with Crippen molar-refractivity contribution in [2.75, 3.05) is 18.1 Å². The molecule has 0 spiro atoms. The second-order valence-electron chi connectivity index (χ2n) is 7.32. The van der Waals surface area contributed by atoms with Crippen LogP contribution < -0.4 is 0 Å². The highest BCUT2D eigenvalue weighted by Gasteiger charge is 2.48. The third kappa shape index (κ3) is 4.87. The van der Waals surface area contributed by atoms with Crippen molar-refractivity contribution in [3.8, 4) is 0 Å². The standard InChI is InChI=1S/C21H21FN2O3S2/c22-17-8-6-15(7-9-17)10-11-24-18-13-29(26,27)14-19(18)28-21(24)23-20(25)12-16-4-2-1-3-5-16/h1-9,18-19H,10-14H2/t18-,19-/m1/s1. The lowest BCUT2D eigenvalue weighted by atomic mass is 10.1. The molecule has 2 aromatic carbocycles. The number of aliphatic imine (C=N–C) groups is 1. The molecule has 2 fully saturated rings. The molecular weight excluding hydrogens is 411 g/mol. The number of halogens is 1. The Hall–Kier alpha value is -2.19. The van der Waals surface area contributed by atoms with E-state index in [2.05, 4.69) is 4.99 Å². The summed E-state index contributed by atoms with van der Waals surface area (Å²) in [6.07, 6.45) is 0.834. The molecule has 2 aromatic rings. The number of nitrogens with zero attached hydrogens (tertiary/aromatic N) is 2. The predicted molar refractivity (Wildman–Crippen MR) is 113 cm³/mol. The van der Waals surface area contributed by atoms with Crippen LogP contribution in [0.3, 0.4) is 0 Å². The number of amidine groups is 1. The topological polar surface area (TPSA) is 66.8 Å². The molecule has 8 heteroatoms. The molecule has 0 aromatic heterocycles. The third-order valence-corrected chi connectivity index (χ3v) is 8.40. The molecule has 5 nitrogen and oxygen atoms in total. The van der Waals surface area contributed by atoms with Crippen molar-refractivity contribution in [3.63, 3.8) is 0 Å². The van der Waals surface area contributed by atoms with E-state index in [0.717, 1.165) is 11.1 Å². The van der Waals surface area contributed by atoms with E-state index < -0.39 is 9.84 Å². The number of benzene rings is 2. The number of hydrogen-bond acceptors (Lipinski definition) is 4. The Morgan fingerprint density at radius 1 is 1.07 bits per heavy atom. The summed E-state index contributed by atoms with van der Waals surface area (Å²) in [5.74, 6) is -0.337. The second kappa shape index (κ2) is 8.28. The quantitative estimate of drug-likeness (QED) is 0.727. The zero-order chi connectivity index (χ0) is 20.4. The zero-order valence-corrected chi connectivity index (χ0v) is 17.3. The molecule has 152 valence electrons. The largest absolute Gasteiger partial charge is 0.346 e. The average Bonchev–Trinajstić information content (AvgIpc) is 3.13. The van der Waals surface area contributed by atoms with Gasteiger partial charge in [0.15, 0.2) is 15.0 Å². The van der Waals surface area contributed by atoms with Gasteiger partial charge in [-0.15, -0.1) is 0 Å². The fourth-order valence-electron chi connectivity index (χ4n) is 3.71. The fraction of sp³-hybridized carbons (Fsp3) is 0.333. The SMILES string of the molecule is O=C(Cc1ccccc1)N=C1S[C@@H]2CS(=O)(=O)C[C@H]2N1CCc1ccc(F)cc1. The molecule has 2 aliphatic heterocycles. The van der Waals surface area contributed by atoms with Crippen LogP contribution in [0.1, 0.15) is 11.1 Å². The number of sulfone groups is 1. The number of hydrogen-bond donors (Lipinski definition) is 0. The zero-order valence-electron chi connectivity index (χ0n) is 15.7. The Labute approximate surface area is 173 Å². The van der Waals surface area contributed by atoms with Gasteiger partial charge in [0.2, 0.25) is 0 Å². The van der Waals surface area contributed by atoms with Crippen LogP contribution in [0.2, 0.25) is 0 Å². The van der Waals surface area contributed by atoms with Gasteiger partial charge >= 0.3 is 0 Å². The first-order chi connectivity index (χ1) is 13.9. The van der Waals surface area contributed by atoms with E-state index in [1.807, 2.05) is 35.2 Å². The minimum atomic E-state index is -3.08. The van der Waals surface area contributed by atoms with Crippen LogP contribution in [-0.2, 0) is 27.5 Å². The summed E-state index contributed by atoms with van der Waals surface area (Å²) in [5.41, 5.74) is 1.85. The number of carbonyl (C=O) groups excluding carboxylic acids is 1. The summed E-state index contributed by atoms with van der Waals surface area (Å²) in [7, 11) is -3.08. The molecule has 4 rings (SSSR count). The smallest absolute Gasteiger partial charge is 0.252 e. The van der Waals surface area contributed by atoms with Crippen LogP contribution in [0.5, 0.6) is 0 Å². The summed E-state index contributed by atoms with van der Waals surface area (Å²) in [6.45, 7) is 0.534. The normalized spacial score (nSPS) is 24.0. The fourth-order valence-corrected chi connectivity index (χ4v) is 7.71. The van der Waals surface area contributed by atoms with Crippen molar-refractivity contribution < 1.29 is 17.6 Å². The average molecular weight is 433 g/mol. The molecule has 0 unspecified atom stereocenters. The van der Waals surface area contributed by atoms with Crippen LogP contribution in [0.25, 0.3) is 0 Å². The van der Waals surface area contributed by atoms with Crippen molar-refractivity contribution in [2.45, 2.75) is 24.1 Å². The highest BCUT2D eigenvalue weighted by atomic mass is 32.2. The monoisotopic (exact) mass is 432 g/mol. The molecule has 0 bridgehead atoms. The number of carbonyl (C=O) groups is 1. The lowest BCUT2D eigenvalue weighted by molar-refractivity contribution is -0.117. The predicted octanol–water partition coefficient (Wildman–Crippen LogP) is 2.71. The van der Waals surface area contributed by atoms with E-state index in [-0.39, 0.29) is 40.9 Å². The maximum absolute atomic E-state index is 13.1. The number of amides is 1. The number of fused-ring (bicyclic) bond motifs is 1. The van der Waals surface area contributed by atoms with Crippen LogP contribution in [0.4, 0.5) is 4.39 Å². The summed E-state index contributed by atoms with van der Waals surface area (Å²) < 4.78 is 37.3. The van der Waals surface area contributed by atoms with Crippen molar-refractivity contribution in [2.24, 2.45) is 4.99 Å². The van der Waals surface area contributed by atoms with Gasteiger partial charge in [0.1, 0.15) is 5.82 Å². The van der Waals surface area contributed by atoms with Crippen LogP contribution in [0, 0.1) is 5.82 Å². The molecule has 0 saturated carbocycles. The van der Waals surface area contributed by atoms with Crippen LogP contribution in [-0.4, -0.2) is 53.7 Å². The van der Waals surface area contributed by atoms with Gasteiger partial charge in [-0.1, -0.05) is 54.2 Å². The van der Waals surface area contributed by atoms with E-state index in [9.17, 15) is 17.6 Å². The highest BCUT2D eigenvalue weighted by Crippen LogP contribution is 2.38. The van der Waals surface area contributed by atoms with E-state index in [0.29, 0.717) is 18.1 Å². The van der Waals surface area contributed by atoms with Gasteiger partial charge in [-0.05, 0) is 29.7 Å². The maximum Gasteiger partial charge on any atom is 0.252 e. The molecular formula is C21H21FN2O3S2. The van der Waals surface area contributed by atoms with E-state index in [1.54, 1.807) is 12.1 Å². The second-order valence-corrected chi connectivity index (χ2v) is 10.7. The highest BCUT2D eigenvalue weighted by molar-refractivity contribution is 8.15. The maximum atomic E-state index is 13.1. The Morgan fingerprint density at radius 2 is 1.79 bits per heavy atom. The third-order valence-electron chi connectivity index (χ3n) is 5.15. The molecule has 2 saturated heterocycles. The minimum Gasteiger partial charge on any atom is -0.346 e. The molecule has 0 N–H and O–H groups in total. The molecule has 2 atom stereocenters. The summed E-state index contributed by atoms with van der Waals surface area (Å²) in [6, 6.07) is 15.5. The first-order valence-corrected chi connectivity index (χ1v) is 12.1. The summed E-state index contributed by atoms with van der Waals surface area (Å²) in [5, 5.41) is 0.495. The van der Waals surface area contributed by atoms with Gasteiger partial charge in [0, 0.05) is 11.8 Å². The lowest BCUT2D eigenvalue weighted by Crippen LogP contribution is -2.39. The van der Waals surface area contributed by atoms with Crippen LogP contribution >= 0.6 is 11.8 Å². The van der Waals surface area contributed by atoms with Crippen molar-refractivity contribution in [3.05, 3.63) is 71.5 Å². The van der Waals surface area contributed by atoms with Crippen molar-refractivity contribution >= 4 is 32.7 Å².